The van der Waals surface area contributed by atoms with Gasteiger partial charge in [-0.05, 0) is 0 Å². The van der Waals surface area contributed by atoms with Gasteiger partial charge in [-0.1, -0.05) is 27.7 Å². The SMILES string of the molecule is CC(CN(CC(=O)O)C(=O)C(C)(C)C)C(=O)O. The zero-order valence-corrected chi connectivity index (χ0v) is 10.6. The van der Waals surface area contributed by atoms with Crippen molar-refractivity contribution < 1.29 is 24.6 Å². The van der Waals surface area contributed by atoms with Gasteiger partial charge < -0.3 is 15.1 Å². The molecule has 0 aromatic heterocycles. The highest BCUT2D eigenvalue weighted by Gasteiger charge is 2.30. The van der Waals surface area contributed by atoms with Crippen molar-refractivity contribution in [2.45, 2.75) is 27.7 Å². The van der Waals surface area contributed by atoms with E-state index in [0.717, 1.165) is 4.90 Å². The topological polar surface area (TPSA) is 94.9 Å². The van der Waals surface area contributed by atoms with E-state index in [9.17, 15) is 14.4 Å². The highest BCUT2D eigenvalue weighted by molar-refractivity contribution is 5.85. The average molecular weight is 245 g/mol. The van der Waals surface area contributed by atoms with Gasteiger partial charge in [0.1, 0.15) is 6.54 Å². The number of amides is 1. The van der Waals surface area contributed by atoms with Gasteiger partial charge in [-0.25, -0.2) is 0 Å². The molecule has 0 saturated heterocycles. The third-order valence-electron chi connectivity index (χ3n) is 2.17. The molecule has 0 heterocycles. The van der Waals surface area contributed by atoms with E-state index in [1.165, 1.54) is 6.92 Å². The minimum Gasteiger partial charge on any atom is -0.481 e. The Kier molecular flexibility index (Phi) is 5.12. The molecule has 17 heavy (non-hydrogen) atoms. The Balaban J connectivity index is 4.83. The molecule has 0 fully saturated rings. The van der Waals surface area contributed by atoms with E-state index in [2.05, 4.69) is 0 Å². The molecule has 0 bridgehead atoms. The number of carboxylic acids is 2. The van der Waals surface area contributed by atoms with Crippen LogP contribution in [0.1, 0.15) is 27.7 Å². The smallest absolute Gasteiger partial charge is 0.323 e. The van der Waals surface area contributed by atoms with E-state index in [0.29, 0.717) is 0 Å². The van der Waals surface area contributed by atoms with Crippen molar-refractivity contribution in [2.75, 3.05) is 13.1 Å². The van der Waals surface area contributed by atoms with Gasteiger partial charge in [0.25, 0.3) is 0 Å². The summed E-state index contributed by atoms with van der Waals surface area (Å²) < 4.78 is 0. The highest BCUT2D eigenvalue weighted by atomic mass is 16.4. The van der Waals surface area contributed by atoms with E-state index in [4.69, 9.17) is 10.2 Å². The predicted molar refractivity (Wildman–Crippen MR) is 60.5 cm³/mol. The number of carboxylic acid groups (broad SMARTS) is 2. The monoisotopic (exact) mass is 245 g/mol. The fourth-order valence-corrected chi connectivity index (χ4v) is 1.27. The third-order valence-corrected chi connectivity index (χ3v) is 2.17. The van der Waals surface area contributed by atoms with Crippen molar-refractivity contribution in [3.8, 4) is 0 Å². The molecule has 0 aromatic rings. The van der Waals surface area contributed by atoms with Crippen LogP contribution < -0.4 is 0 Å². The van der Waals surface area contributed by atoms with Crippen molar-refractivity contribution in [3.05, 3.63) is 0 Å². The maximum absolute atomic E-state index is 11.9. The third kappa shape index (κ3) is 5.33. The summed E-state index contributed by atoms with van der Waals surface area (Å²) in [4.78, 5) is 34.4. The maximum atomic E-state index is 11.9. The summed E-state index contributed by atoms with van der Waals surface area (Å²) in [5.41, 5.74) is -0.728. The van der Waals surface area contributed by atoms with Gasteiger partial charge >= 0.3 is 11.9 Å². The minimum atomic E-state index is -1.15. The molecule has 98 valence electrons. The van der Waals surface area contributed by atoms with Crippen LogP contribution in [0.25, 0.3) is 0 Å². The number of carbonyl (C=O) groups excluding carboxylic acids is 1. The molecule has 2 N–H and O–H groups in total. The van der Waals surface area contributed by atoms with Crippen LogP contribution in [0.3, 0.4) is 0 Å². The minimum absolute atomic E-state index is 0.0995. The Labute approximate surface area is 100 Å². The molecule has 6 heteroatoms. The first-order valence-corrected chi connectivity index (χ1v) is 5.29. The quantitative estimate of drug-likeness (QED) is 0.742. The Morgan fingerprint density at radius 3 is 1.94 bits per heavy atom. The number of aliphatic carboxylic acids is 2. The van der Waals surface area contributed by atoms with Crippen molar-refractivity contribution in [3.63, 3.8) is 0 Å². The second-order valence-electron chi connectivity index (χ2n) is 5.07. The van der Waals surface area contributed by atoms with Gasteiger partial charge in [-0.3, -0.25) is 14.4 Å². The lowest BCUT2D eigenvalue weighted by atomic mass is 9.94. The van der Waals surface area contributed by atoms with Crippen LogP contribution in [-0.2, 0) is 14.4 Å². The number of hydrogen-bond donors (Lipinski definition) is 2. The first kappa shape index (κ1) is 15.4. The normalized spacial score (nSPS) is 12.9. The molecule has 0 rings (SSSR count). The lowest BCUT2D eigenvalue weighted by Crippen LogP contribution is -2.45. The molecule has 6 nitrogen and oxygen atoms in total. The molecule has 1 amide bonds. The molecular weight excluding hydrogens is 226 g/mol. The van der Waals surface area contributed by atoms with E-state index >= 15 is 0 Å². The fourth-order valence-electron chi connectivity index (χ4n) is 1.27. The summed E-state index contributed by atoms with van der Waals surface area (Å²) in [6.07, 6.45) is 0. The van der Waals surface area contributed by atoms with E-state index < -0.39 is 29.8 Å². The van der Waals surface area contributed by atoms with Gasteiger partial charge in [0.05, 0.1) is 5.92 Å². The Bertz CT molecular complexity index is 318. The zero-order valence-electron chi connectivity index (χ0n) is 10.6. The fraction of sp³-hybridized carbons (Fsp3) is 0.727. The standard InChI is InChI=1S/C11H19NO5/c1-7(9(15)16)5-12(6-8(13)14)10(17)11(2,3)4/h7H,5-6H2,1-4H3,(H,13,14)(H,15,16). The van der Waals surface area contributed by atoms with Gasteiger partial charge in [-0.2, -0.15) is 0 Å². The van der Waals surface area contributed by atoms with Crippen LogP contribution in [0.5, 0.6) is 0 Å². The molecule has 0 aromatic carbocycles. The average Bonchev–Trinajstić information content (AvgIpc) is 2.13. The van der Waals surface area contributed by atoms with Gasteiger partial charge in [0.15, 0.2) is 0 Å². The first-order valence-electron chi connectivity index (χ1n) is 5.29. The molecule has 0 aliphatic rings. The summed E-state index contributed by atoms with van der Waals surface area (Å²) in [5.74, 6) is -3.36. The highest BCUT2D eigenvalue weighted by Crippen LogP contribution is 2.18. The first-order chi connectivity index (χ1) is 7.55. The summed E-state index contributed by atoms with van der Waals surface area (Å²) >= 11 is 0. The van der Waals surface area contributed by atoms with Gasteiger partial charge in [-0.15, -0.1) is 0 Å². The van der Waals surface area contributed by atoms with Crippen LogP contribution in [0.4, 0.5) is 0 Å². The molecule has 0 spiro atoms. The molecule has 0 radical (unpaired) electrons. The van der Waals surface area contributed by atoms with Crippen LogP contribution in [0.15, 0.2) is 0 Å². The van der Waals surface area contributed by atoms with Crippen LogP contribution in [0.2, 0.25) is 0 Å². The van der Waals surface area contributed by atoms with Gasteiger partial charge in [0.2, 0.25) is 5.91 Å². The van der Waals surface area contributed by atoms with E-state index in [-0.39, 0.29) is 12.5 Å². The molecule has 1 atom stereocenters. The summed E-state index contributed by atoms with van der Waals surface area (Å²) in [6, 6.07) is 0. The Hall–Kier alpha value is -1.59. The summed E-state index contributed by atoms with van der Waals surface area (Å²) in [6.45, 7) is 5.85. The van der Waals surface area contributed by atoms with Crippen molar-refractivity contribution in [1.29, 1.82) is 0 Å². The Morgan fingerprint density at radius 1 is 1.18 bits per heavy atom. The summed E-state index contributed by atoms with van der Waals surface area (Å²) in [7, 11) is 0. The van der Waals surface area contributed by atoms with E-state index in [1.807, 2.05) is 0 Å². The van der Waals surface area contributed by atoms with E-state index in [1.54, 1.807) is 20.8 Å². The van der Waals surface area contributed by atoms with Crippen molar-refractivity contribution in [2.24, 2.45) is 11.3 Å². The Morgan fingerprint density at radius 2 is 1.65 bits per heavy atom. The van der Waals surface area contributed by atoms with Crippen LogP contribution in [-0.4, -0.2) is 46.0 Å². The van der Waals surface area contributed by atoms with Crippen LogP contribution in [0, 0.1) is 11.3 Å². The lowest BCUT2D eigenvalue weighted by molar-refractivity contribution is -0.151. The number of rotatable bonds is 5. The second-order valence-corrected chi connectivity index (χ2v) is 5.07. The molecule has 1 unspecified atom stereocenters. The second kappa shape index (κ2) is 5.65. The molecule has 0 saturated carbocycles. The van der Waals surface area contributed by atoms with Gasteiger partial charge in [0, 0.05) is 12.0 Å². The number of hydrogen-bond acceptors (Lipinski definition) is 3. The predicted octanol–water partition coefficient (Wildman–Crippen LogP) is 0.666. The number of carbonyl (C=O) groups is 3. The largest absolute Gasteiger partial charge is 0.481 e. The molecular formula is C11H19NO5. The molecule has 0 aliphatic heterocycles. The lowest BCUT2D eigenvalue weighted by Gasteiger charge is -2.29. The molecule has 0 aliphatic carbocycles. The van der Waals surface area contributed by atoms with Crippen molar-refractivity contribution in [1.82, 2.24) is 4.90 Å². The number of nitrogens with zero attached hydrogens (tertiary/aromatic N) is 1. The zero-order chi connectivity index (χ0) is 13.8. The van der Waals surface area contributed by atoms with Crippen molar-refractivity contribution >= 4 is 17.8 Å². The summed E-state index contributed by atoms with van der Waals surface area (Å²) in [5, 5.41) is 17.5. The van der Waals surface area contributed by atoms with Crippen LogP contribution >= 0.6 is 0 Å². The maximum Gasteiger partial charge on any atom is 0.323 e.